The van der Waals surface area contributed by atoms with Gasteiger partial charge in [0.2, 0.25) is 5.91 Å². The molecule has 1 aliphatic rings. The van der Waals surface area contributed by atoms with Gasteiger partial charge in [0.25, 0.3) is 0 Å². The van der Waals surface area contributed by atoms with Gasteiger partial charge in [0.05, 0.1) is 18.8 Å². The van der Waals surface area contributed by atoms with Crippen LogP contribution in [0, 0.1) is 0 Å². The number of rotatable bonds is 6. The SMILES string of the molecule is O=C(C(Cc1ccccc1)NCc1ccco1)N1CCCC1. The Kier molecular flexibility index (Phi) is 4.91. The van der Waals surface area contributed by atoms with Gasteiger partial charge >= 0.3 is 0 Å². The van der Waals surface area contributed by atoms with E-state index in [1.807, 2.05) is 35.2 Å². The van der Waals surface area contributed by atoms with Crippen LogP contribution in [0.1, 0.15) is 24.2 Å². The summed E-state index contributed by atoms with van der Waals surface area (Å²) in [7, 11) is 0. The predicted octanol–water partition coefficient (Wildman–Crippen LogP) is 2.60. The van der Waals surface area contributed by atoms with Crippen LogP contribution in [0.15, 0.2) is 53.1 Å². The Hall–Kier alpha value is -2.07. The molecule has 4 heteroatoms. The normalized spacial score (nSPS) is 15.9. The number of furan rings is 1. The van der Waals surface area contributed by atoms with Crippen molar-refractivity contribution in [2.45, 2.75) is 31.8 Å². The van der Waals surface area contributed by atoms with Crippen LogP contribution < -0.4 is 5.32 Å². The summed E-state index contributed by atoms with van der Waals surface area (Å²) in [4.78, 5) is 14.7. The molecular formula is C18H22N2O2. The highest BCUT2D eigenvalue weighted by Gasteiger charge is 2.26. The van der Waals surface area contributed by atoms with Crippen molar-refractivity contribution in [3.8, 4) is 0 Å². The number of likely N-dealkylation sites (tertiary alicyclic amines) is 1. The zero-order chi connectivity index (χ0) is 15.2. The first kappa shape index (κ1) is 14.9. The first-order valence-corrected chi connectivity index (χ1v) is 7.91. The second-order valence-electron chi connectivity index (χ2n) is 5.73. The second-order valence-corrected chi connectivity index (χ2v) is 5.73. The summed E-state index contributed by atoms with van der Waals surface area (Å²) in [5, 5.41) is 3.36. The van der Waals surface area contributed by atoms with E-state index in [0.717, 1.165) is 31.7 Å². The number of amides is 1. The fraction of sp³-hybridized carbons (Fsp3) is 0.389. The van der Waals surface area contributed by atoms with Gasteiger partial charge in [0.1, 0.15) is 5.76 Å². The number of hydrogen-bond donors (Lipinski definition) is 1. The van der Waals surface area contributed by atoms with Crippen molar-refractivity contribution < 1.29 is 9.21 Å². The molecule has 22 heavy (non-hydrogen) atoms. The van der Waals surface area contributed by atoms with Gasteiger partial charge in [-0.2, -0.15) is 0 Å². The van der Waals surface area contributed by atoms with E-state index in [4.69, 9.17) is 4.42 Å². The molecule has 1 aromatic heterocycles. The lowest BCUT2D eigenvalue weighted by Crippen LogP contribution is -2.46. The molecule has 0 aliphatic carbocycles. The highest BCUT2D eigenvalue weighted by molar-refractivity contribution is 5.82. The van der Waals surface area contributed by atoms with Crippen molar-refractivity contribution in [2.75, 3.05) is 13.1 Å². The summed E-state index contributed by atoms with van der Waals surface area (Å²) in [6.45, 7) is 2.34. The Labute approximate surface area is 131 Å². The van der Waals surface area contributed by atoms with E-state index in [1.54, 1.807) is 6.26 Å². The molecule has 1 aliphatic heterocycles. The Morgan fingerprint density at radius 1 is 1.14 bits per heavy atom. The van der Waals surface area contributed by atoms with Gasteiger partial charge in [-0.15, -0.1) is 0 Å². The molecule has 0 radical (unpaired) electrons. The highest BCUT2D eigenvalue weighted by Crippen LogP contribution is 2.13. The Bertz CT molecular complexity index is 574. The maximum Gasteiger partial charge on any atom is 0.240 e. The minimum atomic E-state index is -0.203. The summed E-state index contributed by atoms with van der Waals surface area (Å²) >= 11 is 0. The second kappa shape index (κ2) is 7.27. The number of benzene rings is 1. The first-order valence-electron chi connectivity index (χ1n) is 7.91. The quantitative estimate of drug-likeness (QED) is 0.891. The molecule has 1 saturated heterocycles. The van der Waals surface area contributed by atoms with Crippen molar-refractivity contribution >= 4 is 5.91 Å². The largest absolute Gasteiger partial charge is 0.468 e. The molecule has 2 aromatic rings. The molecule has 1 atom stereocenters. The van der Waals surface area contributed by atoms with Crippen molar-refractivity contribution in [1.82, 2.24) is 10.2 Å². The van der Waals surface area contributed by atoms with E-state index in [9.17, 15) is 4.79 Å². The lowest BCUT2D eigenvalue weighted by atomic mass is 10.0. The number of carbonyl (C=O) groups excluding carboxylic acids is 1. The number of carbonyl (C=O) groups is 1. The fourth-order valence-corrected chi connectivity index (χ4v) is 2.89. The monoisotopic (exact) mass is 298 g/mol. The van der Waals surface area contributed by atoms with E-state index in [2.05, 4.69) is 17.4 Å². The average Bonchev–Trinajstić information content (AvgIpc) is 3.25. The number of nitrogens with one attached hydrogen (secondary N) is 1. The van der Waals surface area contributed by atoms with Gasteiger partial charge in [0, 0.05) is 13.1 Å². The zero-order valence-electron chi connectivity index (χ0n) is 12.7. The van der Waals surface area contributed by atoms with E-state index in [-0.39, 0.29) is 11.9 Å². The Morgan fingerprint density at radius 3 is 2.59 bits per heavy atom. The summed E-state index contributed by atoms with van der Waals surface area (Å²) in [5.41, 5.74) is 1.17. The number of nitrogens with zero attached hydrogens (tertiary/aromatic N) is 1. The first-order chi connectivity index (χ1) is 10.8. The lowest BCUT2D eigenvalue weighted by Gasteiger charge is -2.24. The van der Waals surface area contributed by atoms with Crippen molar-refractivity contribution in [1.29, 1.82) is 0 Å². The van der Waals surface area contributed by atoms with Crippen molar-refractivity contribution in [2.24, 2.45) is 0 Å². The molecular weight excluding hydrogens is 276 g/mol. The Balaban J connectivity index is 1.67. The van der Waals surface area contributed by atoms with E-state index in [0.29, 0.717) is 13.0 Å². The summed E-state index contributed by atoms with van der Waals surface area (Å²) < 4.78 is 5.35. The molecule has 0 spiro atoms. The zero-order valence-corrected chi connectivity index (χ0v) is 12.7. The van der Waals surface area contributed by atoms with Crippen LogP contribution in [-0.4, -0.2) is 29.9 Å². The average molecular weight is 298 g/mol. The van der Waals surface area contributed by atoms with Crippen LogP contribution in [0.25, 0.3) is 0 Å². The summed E-state index contributed by atoms with van der Waals surface area (Å²) in [6, 6.07) is 13.7. The molecule has 3 rings (SSSR count). The van der Waals surface area contributed by atoms with Gasteiger partial charge in [-0.3, -0.25) is 10.1 Å². The maximum atomic E-state index is 12.7. The van der Waals surface area contributed by atoms with Crippen LogP contribution in [0.3, 0.4) is 0 Å². The Morgan fingerprint density at radius 2 is 1.91 bits per heavy atom. The van der Waals surface area contributed by atoms with Gasteiger partial charge < -0.3 is 9.32 Å². The predicted molar refractivity (Wildman–Crippen MR) is 85.3 cm³/mol. The number of hydrogen-bond acceptors (Lipinski definition) is 3. The van der Waals surface area contributed by atoms with Gasteiger partial charge in [0.15, 0.2) is 0 Å². The van der Waals surface area contributed by atoms with Gasteiger partial charge in [-0.25, -0.2) is 0 Å². The topological polar surface area (TPSA) is 45.5 Å². The molecule has 1 aromatic carbocycles. The smallest absolute Gasteiger partial charge is 0.240 e. The van der Waals surface area contributed by atoms with Crippen LogP contribution in [0.5, 0.6) is 0 Å². The summed E-state index contributed by atoms with van der Waals surface area (Å²) in [5.74, 6) is 1.06. The highest BCUT2D eigenvalue weighted by atomic mass is 16.3. The minimum Gasteiger partial charge on any atom is -0.468 e. The van der Waals surface area contributed by atoms with E-state index >= 15 is 0 Å². The maximum absolute atomic E-state index is 12.7. The molecule has 2 heterocycles. The van der Waals surface area contributed by atoms with Gasteiger partial charge in [-0.1, -0.05) is 30.3 Å². The third kappa shape index (κ3) is 3.77. The third-order valence-corrected chi connectivity index (χ3v) is 4.10. The standard InChI is InChI=1S/C18H22N2O2/c21-18(20-10-4-5-11-20)17(13-15-7-2-1-3-8-15)19-14-16-9-6-12-22-16/h1-3,6-9,12,17,19H,4-5,10-11,13-14H2. The van der Waals surface area contributed by atoms with E-state index < -0.39 is 0 Å². The van der Waals surface area contributed by atoms with Crippen LogP contribution in [0.2, 0.25) is 0 Å². The molecule has 0 bridgehead atoms. The van der Waals surface area contributed by atoms with Crippen molar-refractivity contribution in [3.63, 3.8) is 0 Å². The van der Waals surface area contributed by atoms with Gasteiger partial charge in [-0.05, 0) is 37.0 Å². The molecule has 4 nitrogen and oxygen atoms in total. The lowest BCUT2D eigenvalue weighted by molar-refractivity contribution is -0.132. The van der Waals surface area contributed by atoms with Crippen LogP contribution in [-0.2, 0) is 17.8 Å². The minimum absolute atomic E-state index is 0.202. The van der Waals surface area contributed by atoms with Crippen molar-refractivity contribution in [3.05, 3.63) is 60.1 Å². The van der Waals surface area contributed by atoms with E-state index in [1.165, 1.54) is 5.56 Å². The van der Waals surface area contributed by atoms with Crippen LogP contribution >= 0.6 is 0 Å². The third-order valence-electron chi connectivity index (χ3n) is 4.10. The molecule has 116 valence electrons. The molecule has 1 fully saturated rings. The van der Waals surface area contributed by atoms with Crippen LogP contribution in [0.4, 0.5) is 0 Å². The molecule has 1 N–H and O–H groups in total. The molecule has 1 amide bonds. The molecule has 0 saturated carbocycles. The fourth-order valence-electron chi connectivity index (χ4n) is 2.89. The molecule has 1 unspecified atom stereocenters. The summed E-state index contributed by atoms with van der Waals surface area (Å²) in [6.07, 6.45) is 4.59.